The van der Waals surface area contributed by atoms with Crippen LogP contribution in [0, 0.1) is 5.92 Å². The summed E-state index contributed by atoms with van der Waals surface area (Å²) in [5.74, 6) is 3.84. The molecule has 2 saturated heterocycles. The Labute approximate surface area is 178 Å². The lowest BCUT2D eigenvalue weighted by molar-refractivity contribution is 0.139. The SMILES string of the molecule is CCNC(=NCc1nnc2n1CCC2)N1CCN(CC2CCOC2)CC1.I. The molecular formula is C18H32IN7O. The maximum atomic E-state index is 5.51. The van der Waals surface area contributed by atoms with Crippen molar-refractivity contribution < 1.29 is 4.74 Å². The molecule has 1 N–H and O–H groups in total. The summed E-state index contributed by atoms with van der Waals surface area (Å²) in [7, 11) is 0. The number of rotatable bonds is 5. The molecule has 0 bridgehead atoms. The number of piperazine rings is 1. The van der Waals surface area contributed by atoms with Gasteiger partial charge in [0, 0.05) is 58.8 Å². The number of aliphatic imine (C=N–C) groups is 1. The predicted molar refractivity (Wildman–Crippen MR) is 116 cm³/mol. The normalized spacial score (nSPS) is 23.4. The van der Waals surface area contributed by atoms with Crippen molar-refractivity contribution in [1.29, 1.82) is 0 Å². The highest BCUT2D eigenvalue weighted by molar-refractivity contribution is 14.0. The Morgan fingerprint density at radius 3 is 2.81 bits per heavy atom. The molecule has 2 fully saturated rings. The second-order valence-electron chi connectivity index (χ2n) is 7.48. The highest BCUT2D eigenvalue weighted by Crippen LogP contribution is 2.16. The van der Waals surface area contributed by atoms with Gasteiger partial charge in [-0.25, -0.2) is 4.99 Å². The first-order valence-electron chi connectivity index (χ1n) is 10.1. The minimum atomic E-state index is 0. The third-order valence-electron chi connectivity index (χ3n) is 5.60. The average Bonchev–Trinajstić information content (AvgIpc) is 3.39. The minimum absolute atomic E-state index is 0. The summed E-state index contributed by atoms with van der Waals surface area (Å²) < 4.78 is 7.74. The highest BCUT2D eigenvalue weighted by Gasteiger charge is 2.24. The summed E-state index contributed by atoms with van der Waals surface area (Å²) >= 11 is 0. The van der Waals surface area contributed by atoms with Crippen LogP contribution in [-0.4, -0.2) is 83.0 Å². The Morgan fingerprint density at radius 1 is 1.22 bits per heavy atom. The third-order valence-corrected chi connectivity index (χ3v) is 5.60. The van der Waals surface area contributed by atoms with Gasteiger partial charge in [-0.1, -0.05) is 0 Å². The van der Waals surface area contributed by atoms with Crippen LogP contribution in [0.2, 0.25) is 0 Å². The van der Waals surface area contributed by atoms with Gasteiger partial charge in [0.15, 0.2) is 11.8 Å². The van der Waals surface area contributed by atoms with E-state index in [0.717, 1.165) is 82.4 Å². The summed E-state index contributed by atoms with van der Waals surface area (Å²) in [5.41, 5.74) is 0. The van der Waals surface area contributed by atoms with Crippen molar-refractivity contribution in [3.8, 4) is 0 Å². The molecule has 152 valence electrons. The number of hydrogen-bond acceptors (Lipinski definition) is 5. The number of guanidine groups is 1. The zero-order chi connectivity index (χ0) is 17.8. The molecule has 0 amide bonds. The molecule has 4 rings (SSSR count). The quantitative estimate of drug-likeness (QED) is 0.378. The van der Waals surface area contributed by atoms with Gasteiger partial charge in [0.2, 0.25) is 0 Å². The maximum Gasteiger partial charge on any atom is 0.194 e. The number of hydrogen-bond donors (Lipinski definition) is 1. The van der Waals surface area contributed by atoms with E-state index >= 15 is 0 Å². The van der Waals surface area contributed by atoms with Crippen molar-refractivity contribution in [2.45, 2.75) is 39.3 Å². The molecule has 4 heterocycles. The molecular weight excluding hydrogens is 457 g/mol. The number of nitrogens with zero attached hydrogens (tertiary/aromatic N) is 6. The summed E-state index contributed by atoms with van der Waals surface area (Å²) in [6.45, 7) is 11.9. The zero-order valence-corrected chi connectivity index (χ0v) is 18.6. The second kappa shape index (κ2) is 10.0. The van der Waals surface area contributed by atoms with E-state index in [9.17, 15) is 0 Å². The topological polar surface area (TPSA) is 70.8 Å². The molecule has 1 aromatic heterocycles. The van der Waals surface area contributed by atoms with Crippen molar-refractivity contribution in [3.05, 3.63) is 11.6 Å². The summed E-state index contributed by atoms with van der Waals surface area (Å²) in [5, 5.41) is 12.1. The Kier molecular flexibility index (Phi) is 7.71. The molecule has 1 atom stereocenters. The van der Waals surface area contributed by atoms with Crippen molar-refractivity contribution in [1.82, 2.24) is 29.9 Å². The van der Waals surface area contributed by atoms with E-state index in [4.69, 9.17) is 9.73 Å². The first kappa shape index (κ1) is 20.8. The van der Waals surface area contributed by atoms with Crippen molar-refractivity contribution in [2.75, 3.05) is 52.5 Å². The number of aryl methyl sites for hydroxylation is 1. The molecule has 0 spiro atoms. The van der Waals surface area contributed by atoms with Gasteiger partial charge >= 0.3 is 0 Å². The van der Waals surface area contributed by atoms with E-state index in [0.29, 0.717) is 6.54 Å². The molecule has 0 aliphatic carbocycles. The van der Waals surface area contributed by atoms with Gasteiger partial charge in [-0.2, -0.15) is 0 Å². The molecule has 3 aliphatic heterocycles. The van der Waals surface area contributed by atoms with Crippen molar-refractivity contribution in [3.63, 3.8) is 0 Å². The number of nitrogens with one attached hydrogen (secondary N) is 1. The number of ether oxygens (including phenoxy) is 1. The monoisotopic (exact) mass is 489 g/mol. The van der Waals surface area contributed by atoms with Crippen LogP contribution >= 0.6 is 24.0 Å². The van der Waals surface area contributed by atoms with E-state index in [2.05, 4.69) is 36.8 Å². The molecule has 0 aromatic carbocycles. The first-order chi connectivity index (χ1) is 12.8. The molecule has 1 unspecified atom stereocenters. The van der Waals surface area contributed by atoms with Crippen LogP contribution in [0.15, 0.2) is 4.99 Å². The first-order valence-corrected chi connectivity index (χ1v) is 10.1. The number of aromatic nitrogens is 3. The van der Waals surface area contributed by atoms with Crippen LogP contribution in [0.3, 0.4) is 0 Å². The Hall–Kier alpha value is -0.940. The van der Waals surface area contributed by atoms with Gasteiger partial charge in [0.1, 0.15) is 12.4 Å². The van der Waals surface area contributed by atoms with E-state index in [1.54, 1.807) is 0 Å². The third kappa shape index (κ3) is 5.11. The zero-order valence-electron chi connectivity index (χ0n) is 16.3. The van der Waals surface area contributed by atoms with Crippen LogP contribution in [0.1, 0.15) is 31.4 Å². The van der Waals surface area contributed by atoms with Gasteiger partial charge in [-0.15, -0.1) is 34.2 Å². The molecule has 27 heavy (non-hydrogen) atoms. The van der Waals surface area contributed by atoms with Crippen LogP contribution < -0.4 is 5.32 Å². The Morgan fingerprint density at radius 2 is 2.07 bits per heavy atom. The van der Waals surface area contributed by atoms with Crippen LogP contribution in [0.4, 0.5) is 0 Å². The number of halogens is 1. The molecule has 9 heteroatoms. The fourth-order valence-corrected chi connectivity index (χ4v) is 4.13. The predicted octanol–water partition coefficient (Wildman–Crippen LogP) is 0.962. The molecule has 0 saturated carbocycles. The largest absolute Gasteiger partial charge is 0.381 e. The number of fused-ring (bicyclic) bond motifs is 1. The van der Waals surface area contributed by atoms with Crippen LogP contribution in [0.25, 0.3) is 0 Å². The minimum Gasteiger partial charge on any atom is -0.381 e. The smallest absolute Gasteiger partial charge is 0.194 e. The highest BCUT2D eigenvalue weighted by atomic mass is 127. The lowest BCUT2D eigenvalue weighted by Crippen LogP contribution is -2.53. The van der Waals surface area contributed by atoms with Crippen molar-refractivity contribution >= 4 is 29.9 Å². The van der Waals surface area contributed by atoms with Crippen LogP contribution in [-0.2, 0) is 24.2 Å². The van der Waals surface area contributed by atoms with Gasteiger partial charge in [0.25, 0.3) is 0 Å². The van der Waals surface area contributed by atoms with Crippen LogP contribution in [0.5, 0.6) is 0 Å². The standard InChI is InChI=1S/C18H31N7O.HI/c1-2-19-18(20-12-17-22-21-16-4-3-6-25(16)17)24-9-7-23(8-10-24)13-15-5-11-26-14-15;/h15H,2-14H2,1H3,(H,19,20);1H. The maximum absolute atomic E-state index is 5.51. The molecule has 3 aliphatic rings. The summed E-state index contributed by atoms with van der Waals surface area (Å²) in [6.07, 6.45) is 3.44. The Balaban J connectivity index is 0.00000210. The van der Waals surface area contributed by atoms with E-state index in [1.807, 2.05) is 0 Å². The summed E-state index contributed by atoms with van der Waals surface area (Å²) in [6, 6.07) is 0. The lowest BCUT2D eigenvalue weighted by atomic mass is 10.1. The molecule has 8 nitrogen and oxygen atoms in total. The molecule has 1 aromatic rings. The van der Waals surface area contributed by atoms with Gasteiger partial charge in [0.05, 0.1) is 6.61 Å². The van der Waals surface area contributed by atoms with Gasteiger partial charge in [-0.05, 0) is 25.7 Å². The fourth-order valence-electron chi connectivity index (χ4n) is 4.13. The van der Waals surface area contributed by atoms with Gasteiger partial charge < -0.3 is 19.5 Å². The molecule has 0 radical (unpaired) electrons. The Bertz CT molecular complexity index is 621. The van der Waals surface area contributed by atoms with Gasteiger partial charge in [-0.3, -0.25) is 4.90 Å². The summed E-state index contributed by atoms with van der Waals surface area (Å²) in [4.78, 5) is 9.81. The van der Waals surface area contributed by atoms with Crippen molar-refractivity contribution in [2.24, 2.45) is 10.9 Å². The second-order valence-corrected chi connectivity index (χ2v) is 7.48. The van der Waals surface area contributed by atoms with E-state index in [-0.39, 0.29) is 24.0 Å². The fraction of sp³-hybridized carbons (Fsp3) is 0.833. The van der Waals surface area contributed by atoms with E-state index in [1.165, 1.54) is 19.4 Å². The average molecular weight is 489 g/mol. The lowest BCUT2D eigenvalue weighted by Gasteiger charge is -2.37. The van der Waals surface area contributed by atoms with E-state index < -0.39 is 0 Å².